The number of H-pyrrole nitrogens is 1. The zero-order valence-corrected chi connectivity index (χ0v) is 23.2. The lowest BCUT2D eigenvalue weighted by Crippen LogP contribution is -2.26. The monoisotopic (exact) mass is 557 g/mol. The third kappa shape index (κ3) is 6.99. The molecule has 4 N–H and O–H groups in total. The Hall–Kier alpha value is -2.78. The molecule has 1 aromatic heterocycles. The first-order chi connectivity index (χ1) is 17.9. The van der Waals surface area contributed by atoms with Gasteiger partial charge in [0.1, 0.15) is 12.4 Å². The highest BCUT2D eigenvalue weighted by molar-refractivity contribution is 7.92. The molecule has 7 nitrogen and oxygen atoms in total. The molecule has 0 radical (unpaired) electrons. The summed E-state index contributed by atoms with van der Waals surface area (Å²) in [6.07, 6.45) is 6.95. The number of anilines is 1. The Balaban J connectivity index is 0.00000336. The smallest absolute Gasteiger partial charge is 0.229 e. The molecule has 0 amide bonds. The predicted molar refractivity (Wildman–Crippen MR) is 157 cm³/mol. The van der Waals surface area contributed by atoms with Crippen LogP contribution in [0.25, 0.3) is 21.8 Å². The minimum Gasteiger partial charge on any atom is -0.492 e. The zero-order chi connectivity index (χ0) is 25.8. The number of hydrogen-bond acceptors (Lipinski definition) is 5. The summed E-state index contributed by atoms with van der Waals surface area (Å²) >= 11 is 0. The van der Waals surface area contributed by atoms with Gasteiger partial charge < -0.3 is 20.1 Å². The summed E-state index contributed by atoms with van der Waals surface area (Å²) in [6, 6.07) is 19.8. The number of aromatic nitrogens is 1. The Morgan fingerprint density at radius 1 is 1.00 bits per heavy atom. The lowest BCUT2D eigenvalue weighted by Gasteiger charge is -2.21. The van der Waals surface area contributed by atoms with Gasteiger partial charge in [-0.05, 0) is 60.2 Å². The number of aliphatic hydroxyl groups excluding tert-OH is 1. The number of rotatable bonds is 10. The maximum absolute atomic E-state index is 11.4. The van der Waals surface area contributed by atoms with E-state index in [1.807, 2.05) is 12.1 Å². The van der Waals surface area contributed by atoms with Crippen molar-refractivity contribution in [2.24, 2.45) is 0 Å². The van der Waals surface area contributed by atoms with Gasteiger partial charge in [0.15, 0.2) is 0 Å². The third-order valence-electron chi connectivity index (χ3n) is 7.13. The second kappa shape index (κ2) is 12.4. The largest absolute Gasteiger partial charge is 0.492 e. The number of fused-ring (bicyclic) bond motifs is 3. The van der Waals surface area contributed by atoms with Crippen molar-refractivity contribution in [2.45, 2.75) is 44.1 Å². The molecular weight excluding hydrogens is 522 g/mol. The molecule has 0 saturated heterocycles. The van der Waals surface area contributed by atoms with Crippen molar-refractivity contribution in [1.29, 1.82) is 0 Å². The minimum atomic E-state index is -3.36. The van der Waals surface area contributed by atoms with Crippen molar-refractivity contribution < 1.29 is 18.3 Å². The van der Waals surface area contributed by atoms with E-state index < -0.39 is 16.1 Å². The van der Waals surface area contributed by atoms with Crippen LogP contribution in [-0.4, -0.2) is 44.5 Å². The normalized spacial score (nSPS) is 15.3. The van der Waals surface area contributed by atoms with Crippen LogP contribution in [0.1, 0.15) is 55.3 Å². The van der Waals surface area contributed by atoms with Gasteiger partial charge >= 0.3 is 0 Å². The van der Waals surface area contributed by atoms with E-state index in [1.54, 1.807) is 24.3 Å². The Morgan fingerprint density at radius 2 is 1.74 bits per heavy atom. The van der Waals surface area contributed by atoms with Crippen molar-refractivity contribution >= 4 is 49.9 Å². The van der Waals surface area contributed by atoms with Crippen LogP contribution in [0.3, 0.4) is 0 Å². The molecule has 1 aliphatic carbocycles. The average molecular weight is 558 g/mol. The number of aromatic amines is 1. The molecule has 0 unspecified atom stereocenters. The predicted octanol–water partition coefficient (Wildman–Crippen LogP) is 5.86. The van der Waals surface area contributed by atoms with Crippen LogP contribution in [0.15, 0.2) is 60.7 Å². The first-order valence-electron chi connectivity index (χ1n) is 13.0. The van der Waals surface area contributed by atoms with Gasteiger partial charge in [0.25, 0.3) is 0 Å². The van der Waals surface area contributed by atoms with Gasteiger partial charge in [0, 0.05) is 41.1 Å². The van der Waals surface area contributed by atoms with E-state index in [0.29, 0.717) is 36.9 Å². The molecule has 4 aromatic rings. The summed E-state index contributed by atoms with van der Waals surface area (Å²) in [7, 11) is -3.36. The number of hydrogen-bond donors (Lipinski definition) is 4. The van der Waals surface area contributed by atoms with E-state index in [2.05, 4.69) is 39.3 Å². The number of ether oxygens (including phenoxy) is 1. The van der Waals surface area contributed by atoms with E-state index >= 15 is 0 Å². The quantitative estimate of drug-likeness (QED) is 0.183. The van der Waals surface area contributed by atoms with Gasteiger partial charge in [-0.2, -0.15) is 0 Å². The summed E-state index contributed by atoms with van der Waals surface area (Å²) in [4.78, 5) is 3.58. The van der Waals surface area contributed by atoms with Crippen LogP contribution < -0.4 is 14.8 Å². The first-order valence-corrected chi connectivity index (χ1v) is 14.9. The molecule has 3 aromatic carbocycles. The highest BCUT2D eigenvalue weighted by Gasteiger charge is 2.17. The number of nitrogens with one attached hydrogen (secondary N) is 3. The second-order valence-corrected chi connectivity index (χ2v) is 11.8. The number of benzene rings is 3. The first kappa shape index (κ1) is 28.2. The molecule has 0 aliphatic heterocycles. The molecule has 0 bridgehead atoms. The summed E-state index contributed by atoms with van der Waals surface area (Å²) < 4.78 is 31.2. The zero-order valence-electron chi connectivity index (χ0n) is 21.6. The van der Waals surface area contributed by atoms with Crippen LogP contribution >= 0.6 is 12.4 Å². The Morgan fingerprint density at radius 3 is 2.50 bits per heavy atom. The highest BCUT2D eigenvalue weighted by Crippen LogP contribution is 2.36. The third-order valence-corrected chi connectivity index (χ3v) is 7.74. The Bertz CT molecular complexity index is 1480. The van der Waals surface area contributed by atoms with Crippen molar-refractivity contribution in [3.8, 4) is 5.75 Å². The minimum absolute atomic E-state index is 0. The SMILES string of the molecule is CS(=O)(=O)Nc1cccc([C@@H](O)CNCCOc2ccc3c(c2)[nH]c2cc(C4CCCCC4)ccc23)c1.Cl. The van der Waals surface area contributed by atoms with Crippen LogP contribution in [0, 0.1) is 0 Å². The van der Waals surface area contributed by atoms with Gasteiger partial charge in [-0.25, -0.2) is 8.42 Å². The highest BCUT2D eigenvalue weighted by atomic mass is 35.5. The van der Waals surface area contributed by atoms with E-state index in [-0.39, 0.29) is 12.4 Å². The molecule has 1 heterocycles. The Kier molecular flexibility index (Phi) is 9.20. The lowest BCUT2D eigenvalue weighted by molar-refractivity contribution is 0.172. The molecule has 1 atom stereocenters. The molecule has 9 heteroatoms. The van der Waals surface area contributed by atoms with E-state index in [9.17, 15) is 13.5 Å². The van der Waals surface area contributed by atoms with Crippen molar-refractivity contribution in [3.63, 3.8) is 0 Å². The van der Waals surface area contributed by atoms with Gasteiger partial charge in [-0.15, -0.1) is 12.4 Å². The van der Waals surface area contributed by atoms with Gasteiger partial charge in [0.05, 0.1) is 17.9 Å². The lowest BCUT2D eigenvalue weighted by atomic mass is 9.84. The molecular formula is C29H36ClN3O4S. The second-order valence-electron chi connectivity index (χ2n) is 10.0. The molecule has 1 saturated carbocycles. The topological polar surface area (TPSA) is 103 Å². The number of aliphatic hydroxyl groups is 1. The van der Waals surface area contributed by atoms with E-state index in [0.717, 1.165) is 17.5 Å². The van der Waals surface area contributed by atoms with Crippen molar-refractivity contribution in [1.82, 2.24) is 10.3 Å². The molecule has 204 valence electrons. The van der Waals surface area contributed by atoms with Crippen LogP contribution in [0.4, 0.5) is 5.69 Å². The van der Waals surface area contributed by atoms with Gasteiger partial charge in [0.2, 0.25) is 10.0 Å². The van der Waals surface area contributed by atoms with E-state index in [1.165, 1.54) is 54.0 Å². The summed E-state index contributed by atoms with van der Waals surface area (Å²) in [5.41, 5.74) is 4.76. The fraction of sp³-hybridized carbons (Fsp3) is 0.379. The van der Waals surface area contributed by atoms with Crippen LogP contribution in [0.2, 0.25) is 0 Å². The maximum Gasteiger partial charge on any atom is 0.229 e. The molecule has 1 fully saturated rings. The molecule has 0 spiro atoms. The maximum atomic E-state index is 11.4. The van der Waals surface area contributed by atoms with Gasteiger partial charge in [-0.3, -0.25) is 4.72 Å². The fourth-order valence-corrected chi connectivity index (χ4v) is 5.86. The van der Waals surface area contributed by atoms with Crippen molar-refractivity contribution in [3.05, 3.63) is 71.8 Å². The molecule has 5 rings (SSSR count). The summed E-state index contributed by atoms with van der Waals surface area (Å²) in [5, 5.41) is 16.1. The van der Waals surface area contributed by atoms with Crippen LogP contribution in [-0.2, 0) is 10.0 Å². The number of sulfonamides is 1. The van der Waals surface area contributed by atoms with E-state index in [4.69, 9.17) is 4.74 Å². The molecule has 38 heavy (non-hydrogen) atoms. The summed E-state index contributed by atoms with van der Waals surface area (Å²) in [5.74, 6) is 1.48. The summed E-state index contributed by atoms with van der Waals surface area (Å²) in [6.45, 7) is 1.35. The standard InChI is InChI=1S/C29H35N3O4S.ClH/c1-37(34,35)32-23-9-5-8-22(16-23)29(33)19-30-14-15-36-24-11-13-26-25-12-10-21(20-6-3-2-4-7-20)17-27(25)31-28(26)18-24;/h5,8-13,16-18,20,29-33H,2-4,6-7,14-15,19H2,1H3;1H/t29-;/m0./s1. The Labute approximate surface area is 230 Å². The number of halogens is 1. The van der Waals surface area contributed by atoms with Crippen molar-refractivity contribution in [2.75, 3.05) is 30.7 Å². The molecule has 1 aliphatic rings. The van der Waals surface area contributed by atoms with Crippen LogP contribution in [0.5, 0.6) is 5.75 Å². The average Bonchev–Trinajstić information content (AvgIpc) is 3.25. The van der Waals surface area contributed by atoms with Gasteiger partial charge in [-0.1, -0.05) is 43.5 Å². The fourth-order valence-electron chi connectivity index (χ4n) is 5.31.